The minimum absolute atomic E-state index is 0. The predicted octanol–water partition coefficient (Wildman–Crippen LogP) is 4.35. The molecule has 0 fully saturated rings. The summed E-state index contributed by atoms with van der Waals surface area (Å²) in [4.78, 5) is 0. The summed E-state index contributed by atoms with van der Waals surface area (Å²) >= 11 is 1.55. The van der Waals surface area contributed by atoms with Crippen molar-refractivity contribution in [3.63, 3.8) is 0 Å². The van der Waals surface area contributed by atoms with E-state index in [2.05, 4.69) is 132 Å². The Morgan fingerprint density at radius 3 is 1.78 bits per heavy atom. The Morgan fingerprint density at radius 2 is 1.32 bits per heavy atom. The van der Waals surface area contributed by atoms with E-state index in [0.29, 0.717) is 5.92 Å². The van der Waals surface area contributed by atoms with Gasteiger partial charge in [0.25, 0.3) is 0 Å². The Bertz CT molecular complexity index is 1430. The predicted molar refractivity (Wildman–Crippen MR) is 169 cm³/mol. The average Bonchev–Trinajstić information content (AvgIpc) is 3.46. The van der Waals surface area contributed by atoms with Gasteiger partial charge < -0.3 is 24.8 Å². The van der Waals surface area contributed by atoms with Crippen LogP contribution < -0.4 is 24.8 Å². The minimum atomic E-state index is 0. The van der Waals surface area contributed by atoms with Gasteiger partial charge in [0.2, 0.25) is 0 Å². The van der Waals surface area contributed by atoms with Gasteiger partial charge in [0.05, 0.1) is 0 Å². The third kappa shape index (κ3) is 7.23. The summed E-state index contributed by atoms with van der Waals surface area (Å²) in [6.45, 7) is 26.7. The molecule has 3 heteroatoms. The van der Waals surface area contributed by atoms with E-state index in [1.165, 1.54) is 75.6 Å². The van der Waals surface area contributed by atoms with Crippen molar-refractivity contribution >= 4 is 14.4 Å². The van der Waals surface area contributed by atoms with Gasteiger partial charge in [0.15, 0.2) is 0 Å². The number of halogens is 2. The molecule has 0 bridgehead atoms. The van der Waals surface area contributed by atoms with Crippen molar-refractivity contribution < 1.29 is 49.0 Å². The normalized spacial score (nSPS) is 15.9. The molecule has 3 aliphatic carbocycles. The molecule has 0 heterocycles. The molecule has 3 aliphatic rings. The van der Waals surface area contributed by atoms with Gasteiger partial charge in [-0.3, -0.25) is 6.08 Å². The van der Waals surface area contributed by atoms with Crippen molar-refractivity contribution in [1.82, 2.24) is 0 Å². The van der Waals surface area contributed by atoms with E-state index in [1.54, 1.807) is 24.2 Å². The van der Waals surface area contributed by atoms with Crippen LogP contribution in [0, 0.1) is 19.9 Å². The molecular formula is C38H46Cl2Zr-2. The molecule has 0 amide bonds. The first-order valence-electron chi connectivity index (χ1n) is 14.4. The molecule has 0 aromatic heterocycles. The number of hydrogen-bond acceptors (Lipinski definition) is 0. The van der Waals surface area contributed by atoms with Crippen molar-refractivity contribution in [3.05, 3.63) is 98.6 Å². The molecule has 6 rings (SSSR count). The second-order valence-electron chi connectivity index (χ2n) is 13.5. The molecule has 3 aromatic rings. The number of benzene rings is 2. The molecular weight excluding hydrogens is 619 g/mol. The van der Waals surface area contributed by atoms with Crippen molar-refractivity contribution in [3.8, 4) is 11.1 Å². The summed E-state index contributed by atoms with van der Waals surface area (Å²) in [6.07, 6.45) is 7.13. The summed E-state index contributed by atoms with van der Waals surface area (Å²) < 4.78 is 1.51. The van der Waals surface area contributed by atoms with Crippen LogP contribution in [0.4, 0.5) is 0 Å². The van der Waals surface area contributed by atoms with Crippen molar-refractivity contribution in [2.75, 3.05) is 0 Å². The Hall–Kier alpha value is -1.40. The number of aryl methyl sites for hydroxylation is 2. The second-order valence-corrected chi connectivity index (χ2v) is 16.0. The number of fused-ring (bicyclic) bond motifs is 5. The van der Waals surface area contributed by atoms with Crippen LogP contribution in [0.2, 0.25) is 0 Å². The first-order chi connectivity index (χ1) is 18.0. The van der Waals surface area contributed by atoms with Gasteiger partial charge in [-0.05, 0) is 58.4 Å². The van der Waals surface area contributed by atoms with E-state index in [4.69, 9.17) is 0 Å². The molecule has 0 N–H and O–H groups in total. The summed E-state index contributed by atoms with van der Waals surface area (Å²) in [5.41, 5.74) is 18.9. The summed E-state index contributed by atoms with van der Waals surface area (Å²) in [5.74, 6) is 0.675. The van der Waals surface area contributed by atoms with Crippen LogP contribution in [0.15, 0.2) is 42.5 Å². The molecule has 0 atom stereocenters. The molecule has 218 valence electrons. The molecule has 0 saturated carbocycles. The SMILES string of the molecule is CC1=[C-]C(C)(C)c2cc3c(cc21)-c1cc2c(cc1C3)C(C)(C)C=C2C.C[C](C)=[Zr+2].Cc1cc(C(C)C)c(C)[cH-]1.[Cl-].[Cl-]. The molecule has 41 heavy (non-hydrogen) atoms. The maximum atomic E-state index is 3.65. The van der Waals surface area contributed by atoms with Crippen LogP contribution in [0.1, 0.15) is 125 Å². The first kappa shape index (κ1) is 35.8. The number of hydrogen-bond donors (Lipinski definition) is 0. The first-order valence-corrected chi connectivity index (χ1v) is 15.7. The van der Waals surface area contributed by atoms with E-state index >= 15 is 0 Å². The maximum absolute atomic E-state index is 3.65. The van der Waals surface area contributed by atoms with Gasteiger partial charge >= 0.3 is 41.3 Å². The molecule has 0 radical (unpaired) electrons. The van der Waals surface area contributed by atoms with E-state index in [-0.39, 0.29) is 35.6 Å². The van der Waals surface area contributed by atoms with Crippen LogP contribution in [-0.4, -0.2) is 3.21 Å². The standard InChI is InChI=1S/C25H25.C10H15.C3H6.2ClH.Zr/c1-14-12-24(3,4)22-8-16-7-17-9-23-19(15(2)13-25(23,5)6)11-21(17)20(16)10-18(14)22;1-7(2)10-6-8(3)5-9(10)4;1-3-2;;;/h8-12H,7H2,1-6H3;5-7H,1-4H3;1-2H3;2*1H;/q2*-1;;;;+2/p-2. The third-order valence-corrected chi connectivity index (χ3v) is 8.34. The van der Waals surface area contributed by atoms with E-state index in [0.717, 1.165) is 6.42 Å². The summed E-state index contributed by atoms with van der Waals surface area (Å²) in [7, 11) is 0. The Kier molecular flexibility index (Phi) is 11.4. The molecule has 0 nitrogen and oxygen atoms in total. The van der Waals surface area contributed by atoms with Gasteiger partial charge in [-0.25, -0.2) is 11.6 Å². The zero-order chi connectivity index (χ0) is 29.0. The Labute approximate surface area is 277 Å². The Balaban J connectivity index is 0.000000310. The van der Waals surface area contributed by atoms with Crippen molar-refractivity contribution in [2.45, 2.75) is 106 Å². The largest absolute Gasteiger partial charge is 1.00 e. The molecule has 0 aliphatic heterocycles. The van der Waals surface area contributed by atoms with E-state index in [1.807, 2.05) is 0 Å². The average molecular weight is 665 g/mol. The monoisotopic (exact) mass is 662 g/mol. The Morgan fingerprint density at radius 1 is 0.805 bits per heavy atom. The quantitative estimate of drug-likeness (QED) is 0.266. The summed E-state index contributed by atoms with van der Waals surface area (Å²) in [5, 5.41) is 0. The molecule has 0 saturated heterocycles. The zero-order valence-electron chi connectivity index (χ0n) is 27.1. The van der Waals surface area contributed by atoms with Gasteiger partial charge in [-0.1, -0.05) is 91.9 Å². The van der Waals surface area contributed by atoms with E-state index in [9.17, 15) is 0 Å². The van der Waals surface area contributed by atoms with Crippen LogP contribution in [0.5, 0.6) is 0 Å². The second kappa shape index (κ2) is 13.1. The molecule has 0 unspecified atom stereocenters. The van der Waals surface area contributed by atoms with Crippen LogP contribution in [0.25, 0.3) is 22.3 Å². The summed E-state index contributed by atoms with van der Waals surface area (Å²) in [6, 6.07) is 14.3. The van der Waals surface area contributed by atoms with Gasteiger partial charge in [-0.2, -0.15) is 28.3 Å². The topological polar surface area (TPSA) is 0 Å². The van der Waals surface area contributed by atoms with E-state index < -0.39 is 0 Å². The maximum Gasteiger partial charge on any atom is -0.0632 e. The van der Waals surface area contributed by atoms with Crippen molar-refractivity contribution in [1.29, 1.82) is 0 Å². The van der Waals surface area contributed by atoms with Gasteiger partial charge in [-0.15, -0.1) is 11.6 Å². The van der Waals surface area contributed by atoms with Crippen LogP contribution >= 0.6 is 0 Å². The zero-order valence-corrected chi connectivity index (χ0v) is 31.1. The van der Waals surface area contributed by atoms with Gasteiger partial charge in [0.1, 0.15) is 0 Å². The van der Waals surface area contributed by atoms with Gasteiger partial charge in [0, 0.05) is 5.41 Å². The fourth-order valence-electron chi connectivity index (χ4n) is 6.72. The van der Waals surface area contributed by atoms with Crippen molar-refractivity contribution in [2.24, 2.45) is 0 Å². The fourth-order valence-corrected chi connectivity index (χ4v) is 6.72. The smallest absolute Gasteiger partial charge is 0.0632 e. The van der Waals surface area contributed by atoms with Crippen LogP contribution in [0.3, 0.4) is 0 Å². The minimum Gasteiger partial charge on any atom is -1.00 e. The fraction of sp³-hybridized carbons (Fsp3) is 0.421. The third-order valence-electron chi connectivity index (χ3n) is 8.34. The number of allylic oxidation sites excluding steroid dienone is 4. The molecule has 0 spiro atoms. The van der Waals surface area contributed by atoms with Crippen LogP contribution in [-0.2, 0) is 41.5 Å². The number of rotatable bonds is 1. The molecule has 3 aromatic carbocycles.